The molecule has 2 aromatic carbocycles. The monoisotopic (exact) mass is 485 g/mol. The van der Waals surface area contributed by atoms with Crippen LogP contribution in [0.2, 0.25) is 0 Å². The number of rotatable bonds is 6. The van der Waals surface area contributed by atoms with Crippen LogP contribution in [0.15, 0.2) is 51.8 Å². The predicted molar refractivity (Wildman–Crippen MR) is 107 cm³/mol. The SMILES string of the molecule is CCC(=O)N[C@@H]1CN(c2ccc(NS(=O)(=O)c3ccc(Br)c(F)c3)cc2)C(=O)O1. The maximum absolute atomic E-state index is 13.6. The van der Waals surface area contributed by atoms with Crippen molar-refractivity contribution >= 4 is 49.3 Å². The van der Waals surface area contributed by atoms with Crippen LogP contribution in [0.25, 0.3) is 0 Å². The molecule has 0 aromatic heterocycles. The van der Waals surface area contributed by atoms with E-state index in [4.69, 9.17) is 4.74 Å². The molecule has 1 heterocycles. The zero-order valence-corrected chi connectivity index (χ0v) is 17.6. The van der Waals surface area contributed by atoms with E-state index < -0.39 is 28.2 Å². The first-order valence-electron chi connectivity index (χ1n) is 8.55. The van der Waals surface area contributed by atoms with Crippen molar-refractivity contribution in [3.8, 4) is 0 Å². The van der Waals surface area contributed by atoms with Crippen molar-refractivity contribution in [2.24, 2.45) is 0 Å². The summed E-state index contributed by atoms with van der Waals surface area (Å²) in [5.74, 6) is -0.931. The normalized spacial score (nSPS) is 16.4. The molecule has 0 bridgehead atoms. The fourth-order valence-electron chi connectivity index (χ4n) is 2.60. The molecule has 0 aliphatic carbocycles. The van der Waals surface area contributed by atoms with Gasteiger partial charge in [0.25, 0.3) is 10.0 Å². The minimum absolute atomic E-state index is 0.133. The summed E-state index contributed by atoms with van der Waals surface area (Å²) < 4.78 is 46.1. The van der Waals surface area contributed by atoms with Crippen molar-refractivity contribution in [2.45, 2.75) is 24.5 Å². The van der Waals surface area contributed by atoms with Gasteiger partial charge in [0.1, 0.15) is 5.82 Å². The summed E-state index contributed by atoms with van der Waals surface area (Å²) in [4.78, 5) is 24.6. The van der Waals surface area contributed by atoms with E-state index in [9.17, 15) is 22.4 Å². The van der Waals surface area contributed by atoms with E-state index in [-0.39, 0.29) is 33.9 Å². The molecule has 1 aliphatic rings. The van der Waals surface area contributed by atoms with Crippen LogP contribution < -0.4 is 14.9 Å². The first-order valence-corrected chi connectivity index (χ1v) is 10.8. The van der Waals surface area contributed by atoms with Gasteiger partial charge in [-0.25, -0.2) is 17.6 Å². The number of hydrogen-bond donors (Lipinski definition) is 2. The summed E-state index contributed by atoms with van der Waals surface area (Å²) in [6.07, 6.45) is -1.10. The lowest BCUT2D eigenvalue weighted by molar-refractivity contribution is -0.123. The lowest BCUT2D eigenvalue weighted by Crippen LogP contribution is -2.37. The Bertz CT molecular complexity index is 1050. The van der Waals surface area contributed by atoms with Crippen LogP contribution in [0.5, 0.6) is 0 Å². The average Bonchev–Trinajstić information content (AvgIpc) is 3.04. The van der Waals surface area contributed by atoms with Gasteiger partial charge in [-0.3, -0.25) is 14.4 Å². The Hall–Kier alpha value is -2.66. The van der Waals surface area contributed by atoms with Gasteiger partial charge in [0.15, 0.2) is 6.23 Å². The van der Waals surface area contributed by atoms with Gasteiger partial charge >= 0.3 is 6.09 Å². The van der Waals surface area contributed by atoms with Crippen LogP contribution in [-0.4, -0.2) is 33.2 Å². The van der Waals surface area contributed by atoms with E-state index in [1.54, 1.807) is 6.92 Å². The smallest absolute Gasteiger partial charge is 0.416 e. The number of amides is 2. The summed E-state index contributed by atoms with van der Waals surface area (Å²) in [5, 5.41) is 2.58. The van der Waals surface area contributed by atoms with E-state index in [1.165, 1.54) is 41.3 Å². The largest absolute Gasteiger partial charge is 0.423 e. The van der Waals surface area contributed by atoms with Crippen molar-refractivity contribution in [3.05, 3.63) is 52.8 Å². The Balaban J connectivity index is 1.71. The van der Waals surface area contributed by atoms with E-state index in [0.29, 0.717) is 5.69 Å². The van der Waals surface area contributed by atoms with Gasteiger partial charge in [0.2, 0.25) is 5.91 Å². The minimum Gasteiger partial charge on any atom is -0.423 e. The first-order chi connectivity index (χ1) is 13.7. The minimum atomic E-state index is -3.98. The zero-order chi connectivity index (χ0) is 21.2. The molecule has 1 saturated heterocycles. The maximum Gasteiger partial charge on any atom is 0.416 e. The highest BCUT2D eigenvalue weighted by Crippen LogP contribution is 2.25. The number of sulfonamides is 1. The Morgan fingerprint density at radius 3 is 2.59 bits per heavy atom. The Morgan fingerprint density at radius 2 is 1.97 bits per heavy atom. The second-order valence-electron chi connectivity index (χ2n) is 6.13. The van der Waals surface area contributed by atoms with Crippen LogP contribution in [0.1, 0.15) is 13.3 Å². The molecule has 29 heavy (non-hydrogen) atoms. The van der Waals surface area contributed by atoms with Gasteiger partial charge in [0, 0.05) is 17.8 Å². The van der Waals surface area contributed by atoms with Crippen LogP contribution >= 0.6 is 15.9 Å². The highest BCUT2D eigenvalue weighted by atomic mass is 79.9. The van der Waals surface area contributed by atoms with Crippen molar-refractivity contribution in [2.75, 3.05) is 16.2 Å². The molecule has 1 fully saturated rings. The van der Waals surface area contributed by atoms with Crippen LogP contribution in [-0.2, 0) is 19.6 Å². The number of hydrogen-bond acceptors (Lipinski definition) is 5. The summed E-state index contributed by atoms with van der Waals surface area (Å²) in [6.45, 7) is 1.82. The molecule has 3 rings (SSSR count). The molecule has 8 nitrogen and oxygen atoms in total. The highest BCUT2D eigenvalue weighted by Gasteiger charge is 2.33. The second-order valence-corrected chi connectivity index (χ2v) is 8.67. The molecule has 2 N–H and O–H groups in total. The zero-order valence-electron chi connectivity index (χ0n) is 15.2. The molecule has 1 aliphatic heterocycles. The van der Waals surface area contributed by atoms with Crippen LogP contribution in [0, 0.1) is 5.82 Å². The molecular formula is C18H17BrFN3O5S. The summed E-state index contributed by atoms with van der Waals surface area (Å²) >= 11 is 2.97. The molecule has 0 unspecified atom stereocenters. The number of halogens is 2. The van der Waals surface area contributed by atoms with Crippen molar-refractivity contribution < 1.29 is 27.1 Å². The second kappa shape index (κ2) is 8.37. The number of anilines is 2. The van der Waals surface area contributed by atoms with E-state index >= 15 is 0 Å². The van der Waals surface area contributed by atoms with E-state index in [2.05, 4.69) is 26.0 Å². The lowest BCUT2D eigenvalue weighted by Gasteiger charge is -2.14. The Morgan fingerprint density at radius 1 is 1.28 bits per heavy atom. The molecule has 1 atom stereocenters. The number of nitrogens with one attached hydrogen (secondary N) is 2. The summed E-state index contributed by atoms with van der Waals surface area (Å²) in [7, 11) is -3.98. The number of cyclic esters (lactones) is 1. The van der Waals surface area contributed by atoms with Crippen LogP contribution in [0.4, 0.5) is 20.6 Å². The molecular weight excluding hydrogens is 469 g/mol. The standard InChI is InChI=1S/C18H17BrFN3O5S/c1-2-16(24)21-17-10-23(18(25)28-17)12-5-3-11(4-6-12)22-29(26,27)13-7-8-14(19)15(20)9-13/h3-9,17,22H,2,10H2,1H3,(H,21,24)/t17-/m0/s1. The molecule has 2 amide bonds. The average molecular weight is 486 g/mol. The van der Waals surface area contributed by atoms with Gasteiger partial charge in [-0.15, -0.1) is 0 Å². The van der Waals surface area contributed by atoms with Gasteiger partial charge in [-0.2, -0.15) is 0 Å². The van der Waals surface area contributed by atoms with E-state index in [1.807, 2.05) is 0 Å². The Labute approximate surface area is 175 Å². The number of ether oxygens (including phenoxy) is 1. The number of nitrogens with zero attached hydrogens (tertiary/aromatic N) is 1. The van der Waals surface area contributed by atoms with Crippen LogP contribution in [0.3, 0.4) is 0 Å². The highest BCUT2D eigenvalue weighted by molar-refractivity contribution is 9.10. The van der Waals surface area contributed by atoms with Crippen molar-refractivity contribution in [1.82, 2.24) is 5.32 Å². The fraction of sp³-hybridized carbons (Fsp3) is 0.222. The van der Waals surface area contributed by atoms with Gasteiger partial charge in [0.05, 0.1) is 15.9 Å². The third kappa shape index (κ3) is 4.85. The predicted octanol–water partition coefficient (Wildman–Crippen LogP) is 3.20. The summed E-state index contributed by atoms with van der Waals surface area (Å²) in [5.41, 5.74) is 0.710. The van der Waals surface area contributed by atoms with Crippen molar-refractivity contribution in [3.63, 3.8) is 0 Å². The summed E-state index contributed by atoms with van der Waals surface area (Å²) in [6, 6.07) is 9.48. The number of carbonyl (C=O) groups is 2. The molecule has 0 saturated carbocycles. The van der Waals surface area contributed by atoms with Gasteiger partial charge in [-0.05, 0) is 58.4 Å². The number of benzene rings is 2. The number of carbonyl (C=O) groups excluding carboxylic acids is 2. The molecule has 0 radical (unpaired) electrons. The van der Waals surface area contributed by atoms with Gasteiger partial charge in [-0.1, -0.05) is 6.92 Å². The van der Waals surface area contributed by atoms with Crippen molar-refractivity contribution in [1.29, 1.82) is 0 Å². The quantitative estimate of drug-likeness (QED) is 0.653. The van der Waals surface area contributed by atoms with Gasteiger partial charge < -0.3 is 10.1 Å². The van der Waals surface area contributed by atoms with E-state index in [0.717, 1.165) is 6.07 Å². The lowest BCUT2D eigenvalue weighted by atomic mass is 10.2. The molecule has 154 valence electrons. The topological polar surface area (TPSA) is 105 Å². The molecule has 11 heteroatoms. The third-order valence-corrected chi connectivity index (χ3v) is 6.11. The molecule has 0 spiro atoms. The Kier molecular flexibility index (Phi) is 6.08. The maximum atomic E-state index is 13.6. The fourth-order valence-corrected chi connectivity index (χ4v) is 3.91. The first kappa shape index (κ1) is 21.1. The molecule has 2 aromatic rings. The third-order valence-electron chi connectivity index (χ3n) is 4.09.